The molecule has 2 aromatic rings. The van der Waals surface area contributed by atoms with Crippen LogP contribution < -0.4 is 5.32 Å². The Morgan fingerprint density at radius 1 is 1.17 bits per heavy atom. The molecule has 8 heteroatoms. The number of benzene rings is 1. The molecule has 3 amide bonds. The number of aromatic nitrogens is 2. The molecule has 1 aromatic carbocycles. The average Bonchev–Trinajstić information content (AvgIpc) is 3.29. The third-order valence-corrected chi connectivity index (χ3v) is 5.98. The fourth-order valence-electron chi connectivity index (χ4n) is 4.29. The molecule has 0 radical (unpaired) electrons. The molecule has 4 rings (SSSR count). The summed E-state index contributed by atoms with van der Waals surface area (Å²) in [6, 6.07) is 4.69. The van der Waals surface area contributed by atoms with Gasteiger partial charge in [-0.25, -0.2) is 0 Å². The second-order valence-corrected chi connectivity index (χ2v) is 8.11. The molecule has 0 unspecified atom stereocenters. The van der Waals surface area contributed by atoms with Crippen LogP contribution in [0.3, 0.4) is 0 Å². The molecule has 1 aromatic heterocycles. The summed E-state index contributed by atoms with van der Waals surface area (Å²) in [6.07, 6.45) is 6.10. The van der Waals surface area contributed by atoms with Crippen molar-refractivity contribution >= 4 is 17.7 Å². The number of fused-ring (bicyclic) bond motifs is 1. The summed E-state index contributed by atoms with van der Waals surface area (Å²) >= 11 is 0. The van der Waals surface area contributed by atoms with Crippen LogP contribution in [0.2, 0.25) is 0 Å². The lowest BCUT2D eigenvalue weighted by Crippen LogP contribution is -2.48. The van der Waals surface area contributed by atoms with Crippen LogP contribution >= 0.6 is 0 Å². The minimum Gasteiger partial charge on any atom is -0.340 e. The van der Waals surface area contributed by atoms with Crippen molar-refractivity contribution < 1.29 is 18.9 Å². The average molecular weight is 410 g/mol. The van der Waals surface area contributed by atoms with Gasteiger partial charge < -0.3 is 9.84 Å². The van der Waals surface area contributed by atoms with Gasteiger partial charge in [-0.2, -0.15) is 4.98 Å². The van der Waals surface area contributed by atoms with Crippen LogP contribution in [0.4, 0.5) is 0 Å². The number of aryl methyl sites for hydroxylation is 1. The first kappa shape index (κ1) is 20.3. The predicted molar refractivity (Wildman–Crippen MR) is 108 cm³/mol. The Labute approximate surface area is 175 Å². The van der Waals surface area contributed by atoms with Gasteiger partial charge in [0.25, 0.3) is 17.7 Å². The van der Waals surface area contributed by atoms with Gasteiger partial charge in [0.2, 0.25) is 5.89 Å². The van der Waals surface area contributed by atoms with Gasteiger partial charge in [0.1, 0.15) is 5.54 Å². The first-order valence-electron chi connectivity index (χ1n) is 10.6. The number of hydrogen-bond donors (Lipinski definition) is 1. The van der Waals surface area contributed by atoms with Crippen molar-refractivity contribution in [3.8, 4) is 0 Å². The summed E-state index contributed by atoms with van der Waals surface area (Å²) in [4.78, 5) is 44.0. The van der Waals surface area contributed by atoms with Crippen LogP contribution in [0.1, 0.15) is 94.7 Å². The van der Waals surface area contributed by atoms with E-state index in [1.54, 1.807) is 19.1 Å². The molecule has 158 valence electrons. The Morgan fingerprint density at radius 3 is 2.57 bits per heavy atom. The maximum absolute atomic E-state index is 13.1. The SMILES string of the molecule is CCCCN1C(=O)c2ccc(C(=O)NC3(c4noc(C)n4)CCCCC3)cc2C1=O. The Kier molecular flexibility index (Phi) is 5.40. The largest absolute Gasteiger partial charge is 0.340 e. The van der Waals surface area contributed by atoms with Gasteiger partial charge in [-0.05, 0) is 37.5 Å². The first-order chi connectivity index (χ1) is 14.4. The molecule has 1 fully saturated rings. The van der Waals surface area contributed by atoms with E-state index in [0.717, 1.165) is 44.9 Å². The number of hydrogen-bond acceptors (Lipinski definition) is 6. The van der Waals surface area contributed by atoms with Gasteiger partial charge in [0.05, 0.1) is 11.1 Å². The molecule has 1 aliphatic heterocycles. The van der Waals surface area contributed by atoms with E-state index in [1.807, 2.05) is 6.92 Å². The molecule has 0 saturated heterocycles. The van der Waals surface area contributed by atoms with Gasteiger partial charge in [0.15, 0.2) is 5.82 Å². The van der Waals surface area contributed by atoms with Crippen LogP contribution in [-0.4, -0.2) is 39.3 Å². The van der Waals surface area contributed by atoms with Crippen molar-refractivity contribution in [2.75, 3.05) is 6.54 Å². The highest BCUT2D eigenvalue weighted by Crippen LogP contribution is 2.36. The van der Waals surface area contributed by atoms with E-state index < -0.39 is 5.54 Å². The Bertz CT molecular complexity index is 991. The highest BCUT2D eigenvalue weighted by atomic mass is 16.5. The van der Waals surface area contributed by atoms with Crippen molar-refractivity contribution in [2.45, 2.75) is 64.3 Å². The number of carbonyl (C=O) groups is 3. The maximum atomic E-state index is 13.1. The monoisotopic (exact) mass is 410 g/mol. The summed E-state index contributed by atoms with van der Waals surface area (Å²) in [6.45, 7) is 4.12. The summed E-state index contributed by atoms with van der Waals surface area (Å²) < 4.78 is 5.16. The van der Waals surface area contributed by atoms with Gasteiger partial charge >= 0.3 is 0 Å². The van der Waals surface area contributed by atoms with E-state index in [-0.39, 0.29) is 23.3 Å². The lowest BCUT2D eigenvalue weighted by Gasteiger charge is -2.35. The van der Waals surface area contributed by atoms with Crippen LogP contribution in [0.25, 0.3) is 0 Å². The third kappa shape index (κ3) is 3.51. The van der Waals surface area contributed by atoms with E-state index >= 15 is 0 Å². The number of carbonyl (C=O) groups excluding carboxylic acids is 3. The molecular weight excluding hydrogens is 384 g/mol. The normalized spacial score (nSPS) is 17.9. The topological polar surface area (TPSA) is 105 Å². The van der Waals surface area contributed by atoms with Crippen LogP contribution in [-0.2, 0) is 5.54 Å². The number of amides is 3. The highest BCUT2D eigenvalue weighted by molar-refractivity contribution is 6.22. The number of nitrogens with one attached hydrogen (secondary N) is 1. The van der Waals surface area contributed by atoms with Crippen LogP contribution in [0, 0.1) is 6.92 Å². The zero-order valence-corrected chi connectivity index (χ0v) is 17.4. The van der Waals surface area contributed by atoms with Crippen LogP contribution in [0.15, 0.2) is 22.7 Å². The van der Waals surface area contributed by atoms with Crippen molar-refractivity contribution in [1.82, 2.24) is 20.4 Å². The minimum atomic E-state index is -0.681. The smallest absolute Gasteiger partial charge is 0.261 e. The number of nitrogens with zero attached hydrogens (tertiary/aromatic N) is 3. The molecular formula is C22H26N4O4. The number of imide groups is 1. The zero-order valence-electron chi connectivity index (χ0n) is 17.4. The van der Waals surface area contributed by atoms with Crippen LogP contribution in [0.5, 0.6) is 0 Å². The Morgan fingerprint density at radius 2 is 1.90 bits per heavy atom. The summed E-state index contributed by atoms with van der Waals surface area (Å²) in [5, 5.41) is 7.18. The van der Waals surface area contributed by atoms with Gasteiger partial charge in [0, 0.05) is 19.0 Å². The van der Waals surface area contributed by atoms with E-state index in [4.69, 9.17) is 4.52 Å². The highest BCUT2D eigenvalue weighted by Gasteiger charge is 2.40. The van der Waals surface area contributed by atoms with E-state index in [2.05, 4.69) is 15.5 Å². The van der Waals surface area contributed by atoms with Gasteiger partial charge in [-0.15, -0.1) is 0 Å². The molecule has 1 aliphatic carbocycles. The number of unbranched alkanes of at least 4 members (excludes halogenated alkanes) is 1. The summed E-state index contributed by atoms with van der Waals surface area (Å²) in [5.74, 6) is 0.0133. The molecule has 8 nitrogen and oxygen atoms in total. The Hall–Kier alpha value is -3.03. The maximum Gasteiger partial charge on any atom is 0.261 e. The fraction of sp³-hybridized carbons (Fsp3) is 0.500. The fourth-order valence-corrected chi connectivity index (χ4v) is 4.29. The molecule has 0 atom stereocenters. The Balaban J connectivity index is 1.59. The molecule has 1 saturated carbocycles. The van der Waals surface area contributed by atoms with E-state index in [1.165, 1.54) is 11.0 Å². The minimum absolute atomic E-state index is 0.289. The molecule has 0 spiro atoms. The van der Waals surface area contributed by atoms with E-state index in [9.17, 15) is 14.4 Å². The van der Waals surface area contributed by atoms with Crippen molar-refractivity contribution in [3.05, 3.63) is 46.6 Å². The second-order valence-electron chi connectivity index (χ2n) is 8.11. The number of rotatable bonds is 6. The standard InChI is InChI=1S/C22H26N4O4/c1-3-4-12-26-19(28)16-9-8-15(13-17(16)20(26)29)18(27)24-22(10-6-5-7-11-22)21-23-14(2)30-25-21/h8-9,13H,3-7,10-12H2,1-2H3,(H,24,27). The molecule has 30 heavy (non-hydrogen) atoms. The molecule has 0 bridgehead atoms. The lowest BCUT2D eigenvalue weighted by atomic mass is 9.80. The second kappa shape index (κ2) is 8.01. The third-order valence-electron chi connectivity index (χ3n) is 5.98. The van der Waals surface area contributed by atoms with Gasteiger partial charge in [-0.3, -0.25) is 19.3 Å². The van der Waals surface area contributed by atoms with E-state index in [0.29, 0.717) is 29.4 Å². The first-order valence-corrected chi connectivity index (χ1v) is 10.6. The molecule has 1 N–H and O–H groups in total. The van der Waals surface area contributed by atoms with Crippen molar-refractivity contribution in [2.24, 2.45) is 0 Å². The summed E-state index contributed by atoms with van der Waals surface area (Å²) in [7, 11) is 0. The predicted octanol–water partition coefficient (Wildman–Crippen LogP) is 3.36. The zero-order chi connectivity index (χ0) is 21.3. The van der Waals surface area contributed by atoms with Crippen molar-refractivity contribution in [3.63, 3.8) is 0 Å². The molecule has 2 heterocycles. The summed E-state index contributed by atoms with van der Waals surface area (Å²) in [5.41, 5.74) is 0.308. The van der Waals surface area contributed by atoms with Gasteiger partial charge in [-0.1, -0.05) is 37.8 Å². The lowest BCUT2D eigenvalue weighted by molar-refractivity contribution is 0.0652. The van der Waals surface area contributed by atoms with Crippen molar-refractivity contribution in [1.29, 1.82) is 0 Å². The quantitative estimate of drug-likeness (QED) is 0.732. The molecule has 2 aliphatic rings.